The van der Waals surface area contributed by atoms with Gasteiger partial charge in [-0.1, -0.05) is 0 Å². The molecule has 3 rings (SSSR count). The number of fused-ring (bicyclic) bond motifs is 2. The molecule has 0 aliphatic carbocycles. The number of carbonyl (C=O) groups excluding carboxylic acids is 1. The third kappa shape index (κ3) is 1.75. The number of pyridine rings is 2. The van der Waals surface area contributed by atoms with Crippen LogP contribution in [0.5, 0.6) is 0 Å². The second-order valence-corrected chi connectivity index (χ2v) is 4.33. The third-order valence-corrected chi connectivity index (χ3v) is 3.18. The largest absolute Gasteiger partial charge is 0.338 e. The molecule has 17 heavy (non-hydrogen) atoms. The first-order valence-electron chi connectivity index (χ1n) is 5.73. The van der Waals surface area contributed by atoms with Crippen LogP contribution in [-0.2, 0) is 17.8 Å². The highest BCUT2D eigenvalue weighted by molar-refractivity contribution is 5.77. The molecule has 0 bridgehead atoms. The predicted octanol–water partition coefficient (Wildman–Crippen LogP) is 1.53. The molecule has 0 aromatic carbocycles. The van der Waals surface area contributed by atoms with Crippen molar-refractivity contribution in [2.24, 2.45) is 0 Å². The van der Waals surface area contributed by atoms with Gasteiger partial charge in [0.25, 0.3) is 0 Å². The van der Waals surface area contributed by atoms with Gasteiger partial charge >= 0.3 is 0 Å². The van der Waals surface area contributed by atoms with E-state index in [-0.39, 0.29) is 5.91 Å². The summed E-state index contributed by atoms with van der Waals surface area (Å²) in [5, 5.41) is 1.04. The van der Waals surface area contributed by atoms with Crippen LogP contribution >= 0.6 is 0 Å². The maximum atomic E-state index is 11.4. The molecule has 0 atom stereocenters. The Bertz CT molecular complexity index is 594. The highest BCUT2D eigenvalue weighted by atomic mass is 16.2. The Morgan fingerprint density at radius 2 is 2.35 bits per heavy atom. The van der Waals surface area contributed by atoms with Crippen molar-refractivity contribution in [2.75, 3.05) is 6.54 Å². The minimum atomic E-state index is 0.127. The lowest BCUT2D eigenvalue weighted by Gasteiger charge is -2.27. The number of carbonyl (C=O) groups is 1. The fraction of sp³-hybridized carbons (Fsp3) is 0.308. The molecule has 0 unspecified atom stereocenters. The molecule has 3 heterocycles. The number of hydrogen-bond acceptors (Lipinski definition) is 3. The molecule has 0 spiro atoms. The summed E-state index contributed by atoms with van der Waals surface area (Å²) in [6.07, 6.45) is 2.58. The van der Waals surface area contributed by atoms with Crippen LogP contribution < -0.4 is 0 Å². The highest BCUT2D eigenvalue weighted by Gasteiger charge is 2.19. The number of rotatable bonds is 0. The van der Waals surface area contributed by atoms with Gasteiger partial charge in [-0.05, 0) is 23.8 Å². The zero-order valence-corrected chi connectivity index (χ0v) is 9.68. The van der Waals surface area contributed by atoms with E-state index < -0.39 is 0 Å². The predicted molar refractivity (Wildman–Crippen MR) is 64.3 cm³/mol. The average molecular weight is 227 g/mol. The fourth-order valence-corrected chi connectivity index (χ4v) is 2.23. The van der Waals surface area contributed by atoms with E-state index in [4.69, 9.17) is 0 Å². The van der Waals surface area contributed by atoms with Crippen LogP contribution in [0, 0.1) is 0 Å². The Balaban J connectivity index is 2.07. The van der Waals surface area contributed by atoms with E-state index in [1.807, 2.05) is 17.0 Å². The summed E-state index contributed by atoms with van der Waals surface area (Å²) >= 11 is 0. The van der Waals surface area contributed by atoms with Crippen LogP contribution in [-0.4, -0.2) is 27.3 Å². The molecule has 2 aromatic rings. The van der Waals surface area contributed by atoms with E-state index in [2.05, 4.69) is 16.0 Å². The summed E-state index contributed by atoms with van der Waals surface area (Å²) < 4.78 is 0. The van der Waals surface area contributed by atoms with Gasteiger partial charge in [0, 0.05) is 43.7 Å². The van der Waals surface area contributed by atoms with Crippen molar-refractivity contribution >= 4 is 16.9 Å². The molecule has 4 nitrogen and oxygen atoms in total. The van der Waals surface area contributed by atoms with Crippen LogP contribution in [0.2, 0.25) is 0 Å². The quantitative estimate of drug-likeness (QED) is 0.685. The molecule has 86 valence electrons. The first-order valence-corrected chi connectivity index (χ1v) is 5.73. The lowest BCUT2D eigenvalue weighted by Crippen LogP contribution is -2.34. The highest BCUT2D eigenvalue weighted by Crippen LogP contribution is 2.21. The van der Waals surface area contributed by atoms with Crippen molar-refractivity contribution in [2.45, 2.75) is 19.9 Å². The minimum absolute atomic E-state index is 0.127. The normalized spacial score (nSPS) is 14.8. The molecule has 1 aliphatic rings. The molecule has 1 amide bonds. The minimum Gasteiger partial charge on any atom is -0.338 e. The van der Waals surface area contributed by atoms with Crippen molar-refractivity contribution in [3.8, 4) is 0 Å². The third-order valence-electron chi connectivity index (χ3n) is 3.18. The van der Waals surface area contributed by atoms with Crippen LogP contribution in [0.25, 0.3) is 11.0 Å². The van der Waals surface area contributed by atoms with Gasteiger partial charge in [-0.2, -0.15) is 0 Å². The zero-order chi connectivity index (χ0) is 11.8. The smallest absolute Gasteiger partial charge is 0.219 e. The maximum absolute atomic E-state index is 11.4. The maximum Gasteiger partial charge on any atom is 0.219 e. The van der Waals surface area contributed by atoms with E-state index in [0.29, 0.717) is 6.54 Å². The number of nitrogens with zero attached hydrogens (tertiary/aromatic N) is 3. The summed E-state index contributed by atoms with van der Waals surface area (Å²) in [5.41, 5.74) is 3.02. The molecular formula is C13H13N3O. The first-order chi connectivity index (χ1) is 8.24. The Morgan fingerprint density at radius 1 is 1.47 bits per heavy atom. The van der Waals surface area contributed by atoms with Crippen LogP contribution in [0.1, 0.15) is 18.2 Å². The van der Waals surface area contributed by atoms with Gasteiger partial charge in [0.1, 0.15) is 0 Å². The van der Waals surface area contributed by atoms with Crippen molar-refractivity contribution < 1.29 is 4.79 Å². The molecule has 2 aromatic heterocycles. The summed E-state index contributed by atoms with van der Waals surface area (Å²) in [7, 11) is 0. The lowest BCUT2D eigenvalue weighted by atomic mass is 10.0. The molecule has 0 fully saturated rings. The van der Waals surface area contributed by atoms with E-state index in [1.54, 1.807) is 13.1 Å². The number of aromatic nitrogens is 2. The van der Waals surface area contributed by atoms with Gasteiger partial charge in [0.05, 0.1) is 0 Å². The van der Waals surface area contributed by atoms with Crippen molar-refractivity contribution in [3.05, 3.63) is 35.7 Å². The number of hydrogen-bond donors (Lipinski definition) is 0. The van der Waals surface area contributed by atoms with Gasteiger partial charge in [-0.3, -0.25) is 4.79 Å². The van der Waals surface area contributed by atoms with Gasteiger partial charge in [-0.15, -0.1) is 0 Å². The van der Waals surface area contributed by atoms with Crippen LogP contribution in [0.15, 0.2) is 24.4 Å². The summed E-state index contributed by atoms with van der Waals surface area (Å²) in [5.74, 6) is 0.127. The zero-order valence-electron chi connectivity index (χ0n) is 9.68. The second-order valence-electron chi connectivity index (χ2n) is 4.33. The Hall–Kier alpha value is -1.97. The molecule has 1 aliphatic heterocycles. The summed E-state index contributed by atoms with van der Waals surface area (Å²) in [6.45, 7) is 3.04. The second kappa shape index (κ2) is 3.80. The summed E-state index contributed by atoms with van der Waals surface area (Å²) in [4.78, 5) is 22.0. The average Bonchev–Trinajstić information content (AvgIpc) is 2.35. The SMILES string of the molecule is CC(=O)N1CCc2nc3ncccc3cc2C1. The topological polar surface area (TPSA) is 46.1 Å². The Morgan fingerprint density at radius 3 is 3.18 bits per heavy atom. The molecular weight excluding hydrogens is 214 g/mol. The fourth-order valence-electron chi connectivity index (χ4n) is 2.23. The summed E-state index contributed by atoms with van der Waals surface area (Å²) in [6, 6.07) is 6.00. The first kappa shape index (κ1) is 10.2. The molecule has 0 N–H and O–H groups in total. The van der Waals surface area contributed by atoms with E-state index in [9.17, 15) is 4.79 Å². The van der Waals surface area contributed by atoms with Crippen LogP contribution in [0.4, 0.5) is 0 Å². The van der Waals surface area contributed by atoms with E-state index in [0.717, 1.165) is 35.3 Å². The van der Waals surface area contributed by atoms with Crippen molar-refractivity contribution in [3.63, 3.8) is 0 Å². The molecule has 0 radical (unpaired) electrons. The van der Waals surface area contributed by atoms with Gasteiger partial charge in [0.15, 0.2) is 5.65 Å². The molecule has 4 heteroatoms. The van der Waals surface area contributed by atoms with Gasteiger partial charge in [-0.25, -0.2) is 9.97 Å². The van der Waals surface area contributed by atoms with Crippen molar-refractivity contribution in [1.29, 1.82) is 0 Å². The lowest BCUT2D eigenvalue weighted by molar-refractivity contribution is -0.129. The molecule has 0 saturated heterocycles. The van der Waals surface area contributed by atoms with Crippen LogP contribution in [0.3, 0.4) is 0 Å². The monoisotopic (exact) mass is 227 g/mol. The standard InChI is InChI=1S/C13H13N3O/c1-9(17)16-6-4-12-11(8-16)7-10-3-2-5-14-13(10)15-12/h2-3,5,7H,4,6,8H2,1H3. The number of amides is 1. The van der Waals surface area contributed by atoms with E-state index >= 15 is 0 Å². The molecule has 0 saturated carbocycles. The van der Waals surface area contributed by atoms with Gasteiger partial charge in [0.2, 0.25) is 5.91 Å². The van der Waals surface area contributed by atoms with Gasteiger partial charge < -0.3 is 4.90 Å². The van der Waals surface area contributed by atoms with Crippen molar-refractivity contribution in [1.82, 2.24) is 14.9 Å². The Labute approximate surface area is 99.3 Å². The van der Waals surface area contributed by atoms with E-state index in [1.165, 1.54) is 0 Å². The Kier molecular flexibility index (Phi) is 2.28.